The van der Waals surface area contributed by atoms with Gasteiger partial charge < -0.3 is 5.73 Å². The molecule has 0 unspecified atom stereocenters. The maximum Gasteiger partial charge on any atom is 0.238 e. The molecule has 0 spiro atoms. The van der Waals surface area contributed by atoms with Crippen LogP contribution in [-0.4, -0.2) is 15.6 Å². The molecule has 0 aromatic carbocycles. The fourth-order valence-corrected chi connectivity index (χ4v) is 1.05. The third-order valence-corrected chi connectivity index (χ3v) is 1.66. The van der Waals surface area contributed by atoms with Crippen molar-refractivity contribution in [2.24, 2.45) is 0 Å². The molecule has 6 heteroatoms. The number of rotatable bonds is 2. The minimum absolute atomic E-state index is 0.111. The van der Waals surface area contributed by atoms with Crippen LogP contribution in [0, 0.1) is 0 Å². The van der Waals surface area contributed by atoms with Gasteiger partial charge in [-0.25, -0.2) is 0 Å². The van der Waals surface area contributed by atoms with Crippen molar-refractivity contribution in [1.82, 2.24) is 9.36 Å². The van der Waals surface area contributed by atoms with Gasteiger partial charge in [-0.1, -0.05) is 11.6 Å². The molecule has 1 radical (unpaired) electrons. The average Bonchev–Trinajstić information content (AvgIpc) is 2.39. The van der Waals surface area contributed by atoms with Crippen LogP contribution in [0.1, 0.15) is 5.82 Å². The summed E-state index contributed by atoms with van der Waals surface area (Å²) in [5.41, 5.74) is 6.45. The van der Waals surface area contributed by atoms with Gasteiger partial charge in [0.25, 0.3) is 0 Å². The Bertz CT molecular complexity index is 296. The van der Waals surface area contributed by atoms with Gasteiger partial charge in [0.15, 0.2) is 11.0 Å². The third-order valence-electron chi connectivity index (χ3n) is 0.902. The molecule has 1 aromatic rings. The number of hydrogen-bond acceptors (Lipinski definition) is 5. The highest BCUT2D eigenvalue weighted by molar-refractivity contribution is 7.09. The summed E-state index contributed by atoms with van der Waals surface area (Å²) in [7, 11) is 0. The lowest BCUT2D eigenvalue weighted by Crippen LogP contribution is -1.88. The van der Waals surface area contributed by atoms with E-state index in [1.165, 1.54) is 0 Å². The number of halogens is 1. The SMILES string of the molecule is Nc1nc(/C([C]=O)=C/Cl)ns1. The quantitative estimate of drug-likeness (QED) is 0.698. The monoisotopic (exact) mass is 188 g/mol. The smallest absolute Gasteiger partial charge is 0.238 e. The maximum absolute atomic E-state index is 10.2. The Morgan fingerprint density at radius 2 is 2.55 bits per heavy atom. The van der Waals surface area contributed by atoms with Crippen LogP contribution in [0.15, 0.2) is 5.54 Å². The Hall–Kier alpha value is -0.940. The molecule has 0 saturated heterocycles. The van der Waals surface area contributed by atoms with Crippen LogP contribution >= 0.6 is 23.1 Å². The van der Waals surface area contributed by atoms with Gasteiger partial charge >= 0.3 is 0 Å². The van der Waals surface area contributed by atoms with Crippen LogP contribution in [0.2, 0.25) is 0 Å². The normalized spacial score (nSPS) is 11.5. The predicted molar refractivity (Wildman–Crippen MR) is 43.8 cm³/mol. The summed E-state index contributed by atoms with van der Waals surface area (Å²) in [6.07, 6.45) is 1.59. The van der Waals surface area contributed by atoms with Crippen molar-refractivity contribution in [3.63, 3.8) is 0 Å². The molecule has 0 bridgehead atoms. The molecule has 0 aliphatic carbocycles. The van der Waals surface area contributed by atoms with Crippen molar-refractivity contribution in [2.45, 2.75) is 0 Å². The van der Waals surface area contributed by atoms with E-state index in [-0.39, 0.29) is 11.4 Å². The zero-order chi connectivity index (χ0) is 8.27. The van der Waals surface area contributed by atoms with Gasteiger partial charge in [0.1, 0.15) is 0 Å². The molecule has 2 N–H and O–H groups in total. The van der Waals surface area contributed by atoms with Gasteiger partial charge in [0.05, 0.1) is 5.57 Å². The first-order chi connectivity index (χ1) is 5.27. The molecule has 1 rings (SSSR count). The summed E-state index contributed by atoms with van der Waals surface area (Å²) in [5, 5.41) is 0.297. The number of carbonyl (C=O) groups excluding carboxylic acids is 1. The van der Waals surface area contributed by atoms with E-state index >= 15 is 0 Å². The lowest BCUT2D eigenvalue weighted by Gasteiger charge is -1.84. The Morgan fingerprint density at radius 3 is 2.91 bits per heavy atom. The van der Waals surface area contributed by atoms with Gasteiger partial charge in [-0.05, 0) is 0 Å². The Labute approximate surface area is 71.9 Å². The lowest BCUT2D eigenvalue weighted by molar-refractivity contribution is 0.565. The van der Waals surface area contributed by atoms with E-state index in [1.807, 2.05) is 0 Å². The molecule has 0 aliphatic heterocycles. The highest BCUT2D eigenvalue weighted by Crippen LogP contribution is 2.13. The highest BCUT2D eigenvalue weighted by atomic mass is 35.5. The van der Waals surface area contributed by atoms with Crippen molar-refractivity contribution in [3.05, 3.63) is 11.4 Å². The number of nitrogen functional groups attached to an aromatic ring is 1. The molecule has 57 valence electrons. The second kappa shape index (κ2) is 3.45. The van der Waals surface area contributed by atoms with E-state index < -0.39 is 0 Å². The summed E-state index contributed by atoms with van der Waals surface area (Å²) in [6.45, 7) is 0. The minimum atomic E-state index is 0.111. The standard InChI is InChI=1S/C5H3ClN3OS/c6-1-3(2-10)4-8-5(7)11-9-4/h1H,(H2,7,8,9)/b3-1+. The third kappa shape index (κ3) is 1.75. The first kappa shape index (κ1) is 8.16. The molecule has 0 fully saturated rings. The molecule has 1 heterocycles. The Balaban J connectivity index is 3.00. The van der Waals surface area contributed by atoms with Crippen LogP contribution in [-0.2, 0) is 4.79 Å². The van der Waals surface area contributed by atoms with Crippen molar-refractivity contribution in [1.29, 1.82) is 0 Å². The van der Waals surface area contributed by atoms with Crippen LogP contribution < -0.4 is 5.73 Å². The van der Waals surface area contributed by atoms with E-state index in [9.17, 15) is 4.79 Å². The van der Waals surface area contributed by atoms with Gasteiger partial charge in [-0.15, -0.1) is 0 Å². The first-order valence-corrected chi connectivity index (χ1v) is 3.77. The summed E-state index contributed by atoms with van der Waals surface area (Å²) in [5.74, 6) is 0.220. The zero-order valence-corrected chi connectivity index (χ0v) is 6.82. The number of aromatic nitrogens is 2. The number of hydrogen-bond donors (Lipinski definition) is 1. The van der Waals surface area contributed by atoms with Crippen LogP contribution in [0.5, 0.6) is 0 Å². The van der Waals surface area contributed by atoms with Crippen molar-refractivity contribution < 1.29 is 4.79 Å². The minimum Gasteiger partial charge on any atom is -0.374 e. The molecule has 4 nitrogen and oxygen atoms in total. The molecule has 0 atom stereocenters. The molecule has 0 amide bonds. The molecule has 0 saturated carbocycles. The molecule has 0 aliphatic rings. The Morgan fingerprint density at radius 1 is 1.82 bits per heavy atom. The van der Waals surface area contributed by atoms with E-state index in [0.29, 0.717) is 5.13 Å². The number of anilines is 1. The van der Waals surface area contributed by atoms with Gasteiger partial charge in [0.2, 0.25) is 6.29 Å². The Kier molecular flexibility index (Phi) is 2.56. The summed E-state index contributed by atoms with van der Waals surface area (Å²) in [4.78, 5) is 13.9. The molecule has 1 aromatic heterocycles. The predicted octanol–water partition coefficient (Wildman–Crippen LogP) is 0.810. The summed E-state index contributed by atoms with van der Waals surface area (Å²) >= 11 is 6.27. The van der Waals surface area contributed by atoms with Gasteiger partial charge in [-0.3, -0.25) is 4.79 Å². The van der Waals surface area contributed by atoms with Crippen LogP contribution in [0.3, 0.4) is 0 Å². The summed E-state index contributed by atoms with van der Waals surface area (Å²) in [6, 6.07) is 0. The second-order valence-corrected chi connectivity index (χ2v) is 2.58. The molecule has 11 heavy (non-hydrogen) atoms. The number of nitrogens with zero attached hydrogens (tertiary/aromatic N) is 2. The van der Waals surface area contributed by atoms with E-state index in [1.54, 1.807) is 6.29 Å². The van der Waals surface area contributed by atoms with E-state index in [0.717, 1.165) is 17.1 Å². The molecular weight excluding hydrogens is 186 g/mol. The van der Waals surface area contributed by atoms with Crippen LogP contribution in [0.25, 0.3) is 5.57 Å². The van der Waals surface area contributed by atoms with Crippen molar-refractivity contribution >= 4 is 40.1 Å². The summed E-state index contributed by atoms with van der Waals surface area (Å²) < 4.78 is 3.75. The van der Waals surface area contributed by atoms with E-state index in [2.05, 4.69) is 9.36 Å². The maximum atomic E-state index is 10.2. The van der Waals surface area contributed by atoms with Crippen LogP contribution in [0.4, 0.5) is 5.13 Å². The van der Waals surface area contributed by atoms with Gasteiger partial charge in [-0.2, -0.15) is 9.36 Å². The fraction of sp³-hybridized carbons (Fsp3) is 0. The number of nitrogens with two attached hydrogens (primary N) is 1. The van der Waals surface area contributed by atoms with Gasteiger partial charge in [0, 0.05) is 17.1 Å². The van der Waals surface area contributed by atoms with Crippen molar-refractivity contribution in [2.75, 3.05) is 5.73 Å². The largest absolute Gasteiger partial charge is 0.374 e. The highest BCUT2D eigenvalue weighted by Gasteiger charge is 2.06. The first-order valence-electron chi connectivity index (χ1n) is 2.56. The average molecular weight is 189 g/mol. The second-order valence-electron chi connectivity index (χ2n) is 1.58. The lowest BCUT2D eigenvalue weighted by atomic mass is 10.3. The number of allylic oxidation sites excluding steroid dienone is 1. The topological polar surface area (TPSA) is 68.9 Å². The fourth-order valence-electron chi connectivity index (χ4n) is 0.461. The molecular formula is C5H3ClN3OS. The van der Waals surface area contributed by atoms with E-state index in [4.69, 9.17) is 17.3 Å². The zero-order valence-electron chi connectivity index (χ0n) is 5.24. The van der Waals surface area contributed by atoms with Crippen molar-refractivity contribution in [3.8, 4) is 0 Å².